The lowest BCUT2D eigenvalue weighted by Crippen LogP contribution is -2.42. The summed E-state index contributed by atoms with van der Waals surface area (Å²) >= 11 is 11.9. The van der Waals surface area contributed by atoms with Gasteiger partial charge in [0.2, 0.25) is 5.60 Å². The van der Waals surface area contributed by atoms with Crippen molar-refractivity contribution in [2.24, 2.45) is 0 Å². The summed E-state index contributed by atoms with van der Waals surface area (Å²) in [7, 11) is 1.23. The van der Waals surface area contributed by atoms with Crippen LogP contribution in [0.15, 0.2) is 54.7 Å². The van der Waals surface area contributed by atoms with Crippen LogP contribution >= 0.6 is 23.2 Å². The van der Waals surface area contributed by atoms with Crippen molar-refractivity contribution in [3.8, 4) is 0 Å². The fourth-order valence-corrected chi connectivity index (χ4v) is 3.96. The molecule has 2 aromatic carbocycles. The Balaban J connectivity index is 1.92. The van der Waals surface area contributed by atoms with E-state index in [1.54, 1.807) is 12.1 Å². The van der Waals surface area contributed by atoms with E-state index in [0.29, 0.717) is 10.9 Å². The van der Waals surface area contributed by atoms with E-state index >= 15 is 0 Å². The first-order valence-electron chi connectivity index (χ1n) is 8.83. The Morgan fingerprint density at radius 1 is 1.16 bits per heavy atom. The van der Waals surface area contributed by atoms with Gasteiger partial charge in [0.15, 0.2) is 0 Å². The molecule has 0 saturated heterocycles. The number of pyridine rings is 1. The largest absolute Gasteiger partial charge is 0.465 e. The summed E-state index contributed by atoms with van der Waals surface area (Å²) in [4.78, 5) is 21.4. The number of para-hydroxylation sites is 1. The smallest absolute Gasteiger partial charge is 0.428 e. The van der Waals surface area contributed by atoms with Crippen LogP contribution in [0.4, 0.5) is 13.2 Å². The number of hydrogen-bond acceptors (Lipinski definition) is 5. The van der Waals surface area contributed by atoms with Crippen molar-refractivity contribution in [3.05, 3.63) is 81.5 Å². The number of hydrogen-bond donors (Lipinski definition) is 1. The topological polar surface area (TPSA) is 60.5 Å². The highest BCUT2D eigenvalue weighted by Crippen LogP contribution is 2.48. The van der Waals surface area contributed by atoms with Gasteiger partial charge in [-0.2, -0.15) is 13.2 Å². The van der Waals surface area contributed by atoms with Crippen molar-refractivity contribution < 1.29 is 27.5 Å². The number of rotatable bonds is 3. The minimum Gasteiger partial charge on any atom is -0.465 e. The van der Waals surface area contributed by atoms with E-state index in [9.17, 15) is 18.0 Å². The molecule has 3 aromatic rings. The molecule has 31 heavy (non-hydrogen) atoms. The summed E-state index contributed by atoms with van der Waals surface area (Å²) in [5.74, 6) is -0.613. The second kappa shape index (κ2) is 7.71. The Bertz CT molecular complexity index is 1210. The van der Waals surface area contributed by atoms with Crippen molar-refractivity contribution in [2.75, 3.05) is 7.11 Å². The fraction of sp³-hybridized carbons (Fsp3) is 0.143. The van der Waals surface area contributed by atoms with Crippen LogP contribution in [0.2, 0.25) is 10.0 Å². The molecule has 160 valence electrons. The number of carbonyl (C=O) groups is 1. The zero-order chi connectivity index (χ0) is 22.4. The number of methoxy groups -OCH3 is 1. The van der Waals surface area contributed by atoms with Gasteiger partial charge >= 0.3 is 12.1 Å². The van der Waals surface area contributed by atoms with Crippen LogP contribution in [0.25, 0.3) is 16.6 Å². The predicted molar refractivity (Wildman–Crippen MR) is 109 cm³/mol. The van der Waals surface area contributed by atoms with Gasteiger partial charge in [0.1, 0.15) is 0 Å². The van der Waals surface area contributed by atoms with E-state index < -0.39 is 17.7 Å². The lowest BCUT2D eigenvalue weighted by Gasteiger charge is -2.28. The maximum atomic E-state index is 14.2. The van der Waals surface area contributed by atoms with E-state index in [0.717, 1.165) is 18.2 Å². The Labute approximate surface area is 184 Å². The molecule has 1 atom stereocenters. The maximum Gasteiger partial charge on any atom is 0.428 e. The number of ether oxygens (including phenoxy) is 1. The molecule has 0 bridgehead atoms. The van der Waals surface area contributed by atoms with Crippen LogP contribution < -0.4 is 5.48 Å². The fourth-order valence-electron chi connectivity index (χ4n) is 3.43. The highest BCUT2D eigenvalue weighted by atomic mass is 35.5. The molecule has 1 aromatic heterocycles. The summed E-state index contributed by atoms with van der Waals surface area (Å²) in [6, 6.07) is 9.87. The van der Waals surface area contributed by atoms with Gasteiger partial charge in [-0.1, -0.05) is 35.3 Å². The van der Waals surface area contributed by atoms with Gasteiger partial charge in [0.05, 0.1) is 23.9 Å². The van der Waals surface area contributed by atoms with Crippen LogP contribution in [0, 0.1) is 0 Å². The van der Waals surface area contributed by atoms with Gasteiger partial charge in [-0.05, 0) is 36.4 Å². The third kappa shape index (κ3) is 3.60. The monoisotopic (exact) mass is 468 g/mol. The molecule has 2 heterocycles. The molecule has 1 unspecified atom stereocenters. The lowest BCUT2D eigenvalue weighted by molar-refractivity contribution is -0.269. The van der Waals surface area contributed by atoms with Gasteiger partial charge in [-0.25, -0.2) is 4.79 Å². The highest BCUT2D eigenvalue weighted by molar-refractivity contribution is 6.34. The van der Waals surface area contributed by atoms with E-state index in [4.69, 9.17) is 32.8 Å². The highest BCUT2D eigenvalue weighted by Gasteiger charge is 2.59. The number of nitrogens with one attached hydrogen (secondary N) is 1. The molecule has 0 aliphatic carbocycles. The Kier molecular flexibility index (Phi) is 5.33. The molecule has 0 fully saturated rings. The molecule has 1 N–H and O–H groups in total. The summed E-state index contributed by atoms with van der Waals surface area (Å²) in [5, 5.41) is 0.511. The van der Waals surface area contributed by atoms with Crippen LogP contribution in [0.5, 0.6) is 0 Å². The van der Waals surface area contributed by atoms with Gasteiger partial charge in [0, 0.05) is 32.8 Å². The van der Waals surface area contributed by atoms with Crippen LogP contribution in [-0.4, -0.2) is 24.2 Å². The zero-order valence-corrected chi connectivity index (χ0v) is 17.3. The Morgan fingerprint density at radius 3 is 2.52 bits per heavy atom. The number of carbonyl (C=O) groups excluding carboxylic acids is 1. The van der Waals surface area contributed by atoms with Crippen LogP contribution in [-0.2, 0) is 15.2 Å². The SMILES string of the molecule is COC(=O)c1cccc2c(C3=CC(c4cc(Cl)cc(Cl)c4)(C(F)(F)F)ON3)ccnc12. The minimum atomic E-state index is -4.84. The average molecular weight is 469 g/mol. The quantitative estimate of drug-likeness (QED) is 0.502. The predicted octanol–water partition coefficient (Wildman–Crippen LogP) is 5.66. The zero-order valence-electron chi connectivity index (χ0n) is 15.8. The molecule has 1 aliphatic rings. The lowest BCUT2D eigenvalue weighted by atomic mass is 9.91. The van der Waals surface area contributed by atoms with E-state index in [1.165, 1.54) is 31.5 Å². The number of alkyl halides is 3. The molecule has 4 rings (SSSR count). The number of aromatic nitrogens is 1. The first-order valence-corrected chi connectivity index (χ1v) is 9.58. The maximum absolute atomic E-state index is 14.2. The van der Waals surface area contributed by atoms with Gasteiger partial charge < -0.3 is 4.74 Å². The Hall–Kier alpha value is -2.81. The molecule has 1 aliphatic heterocycles. The minimum absolute atomic E-state index is 0.0358. The van der Waals surface area contributed by atoms with E-state index in [2.05, 4.69) is 10.5 Å². The first-order chi connectivity index (χ1) is 14.7. The Morgan fingerprint density at radius 2 is 1.87 bits per heavy atom. The normalized spacial score (nSPS) is 18.6. The van der Waals surface area contributed by atoms with E-state index in [1.807, 2.05) is 0 Å². The van der Waals surface area contributed by atoms with Gasteiger partial charge in [-0.15, -0.1) is 0 Å². The number of fused-ring (bicyclic) bond motifs is 1. The van der Waals surface area contributed by atoms with Gasteiger partial charge in [-0.3, -0.25) is 15.3 Å². The second-order valence-electron chi connectivity index (χ2n) is 6.71. The standard InChI is InChI=1S/C21H13Cl2F3N2O3/c1-30-19(29)16-4-2-3-15-14(5-6-27-18(15)16)17-10-20(31-28-17,21(24,25)26)11-7-12(22)9-13(23)8-11/h2-10,28H,1H3. The molecule has 0 saturated carbocycles. The summed E-state index contributed by atoms with van der Waals surface area (Å²) in [5.41, 5.74) is 0.131. The summed E-state index contributed by atoms with van der Waals surface area (Å²) in [6.45, 7) is 0. The number of halogens is 5. The number of nitrogens with zero attached hydrogens (tertiary/aromatic N) is 1. The molecule has 10 heteroatoms. The van der Waals surface area contributed by atoms with Crippen molar-refractivity contribution in [1.82, 2.24) is 10.5 Å². The third-order valence-electron chi connectivity index (χ3n) is 4.85. The van der Waals surface area contributed by atoms with Crippen molar-refractivity contribution in [1.29, 1.82) is 0 Å². The second-order valence-corrected chi connectivity index (χ2v) is 7.58. The third-order valence-corrected chi connectivity index (χ3v) is 5.29. The molecule has 0 spiro atoms. The van der Waals surface area contributed by atoms with Crippen molar-refractivity contribution in [2.45, 2.75) is 11.8 Å². The van der Waals surface area contributed by atoms with Gasteiger partial charge in [0.25, 0.3) is 0 Å². The molecule has 5 nitrogen and oxygen atoms in total. The molecule has 0 amide bonds. The van der Waals surface area contributed by atoms with Crippen LogP contribution in [0.1, 0.15) is 21.5 Å². The number of benzene rings is 2. The number of esters is 1. The average Bonchev–Trinajstić information content (AvgIpc) is 3.18. The molecule has 0 radical (unpaired) electrons. The van der Waals surface area contributed by atoms with Crippen molar-refractivity contribution in [3.63, 3.8) is 0 Å². The summed E-state index contributed by atoms with van der Waals surface area (Å²) in [6.07, 6.45) is -2.54. The molecular weight excluding hydrogens is 456 g/mol. The number of hydroxylamine groups is 1. The van der Waals surface area contributed by atoms with Crippen molar-refractivity contribution >= 4 is 45.8 Å². The molecular formula is C21H13Cl2F3N2O3. The summed E-state index contributed by atoms with van der Waals surface area (Å²) < 4.78 is 47.4. The first kappa shape index (κ1) is 21.4. The van der Waals surface area contributed by atoms with Crippen LogP contribution in [0.3, 0.4) is 0 Å². The van der Waals surface area contributed by atoms with E-state index in [-0.39, 0.29) is 32.4 Å².